The lowest BCUT2D eigenvalue weighted by molar-refractivity contribution is -0.205. The largest absolute Gasteiger partial charge is 0.478 e. The Labute approximate surface area is 189 Å². The Bertz CT molecular complexity index is 973. The fourth-order valence-corrected chi connectivity index (χ4v) is 11.2. The molecule has 2 atom stereocenters. The first-order valence-corrected chi connectivity index (χ1v) is 12.9. The van der Waals surface area contributed by atoms with Gasteiger partial charge in [0.15, 0.2) is 0 Å². The maximum Gasteiger partial charge on any atom is 0.336 e. The highest BCUT2D eigenvalue weighted by molar-refractivity contribution is 6.01. The van der Waals surface area contributed by atoms with Crippen molar-refractivity contribution in [2.75, 3.05) is 0 Å². The molecule has 1 aromatic carbocycles. The fraction of sp³-hybridized carbons (Fsp3) is 0.714. The minimum Gasteiger partial charge on any atom is -0.478 e. The summed E-state index contributed by atoms with van der Waals surface area (Å²) in [5, 5.41) is 19.3. The van der Waals surface area contributed by atoms with Gasteiger partial charge in [0.05, 0.1) is 11.1 Å². The Morgan fingerprint density at radius 3 is 1.69 bits per heavy atom. The van der Waals surface area contributed by atoms with E-state index in [0.29, 0.717) is 10.8 Å². The summed E-state index contributed by atoms with van der Waals surface area (Å²) in [5.41, 5.74) is 2.01. The second-order valence-corrected chi connectivity index (χ2v) is 13.1. The molecule has 0 aromatic heterocycles. The van der Waals surface area contributed by atoms with Gasteiger partial charge in [-0.3, -0.25) is 0 Å². The molecule has 8 aliphatic carbocycles. The lowest BCUT2D eigenvalue weighted by atomic mass is 9.32. The second kappa shape index (κ2) is 6.18. The predicted molar refractivity (Wildman–Crippen MR) is 120 cm³/mol. The molecule has 8 aliphatic rings. The highest BCUT2D eigenvalue weighted by atomic mass is 16.4. The number of carboxylic acid groups (broad SMARTS) is 2. The summed E-state index contributed by atoms with van der Waals surface area (Å²) in [6, 6.07) is 5.28. The predicted octanol–water partition coefficient (Wildman–Crippen LogP) is 6.14. The van der Waals surface area contributed by atoms with Crippen molar-refractivity contribution in [2.45, 2.75) is 82.5 Å². The molecule has 170 valence electrons. The molecule has 4 nitrogen and oxygen atoms in total. The molecule has 0 amide bonds. The minimum absolute atomic E-state index is 0.0328. The number of benzene rings is 1. The average molecular weight is 435 g/mol. The first-order valence-electron chi connectivity index (χ1n) is 12.9. The van der Waals surface area contributed by atoms with Crippen molar-refractivity contribution in [3.63, 3.8) is 0 Å². The van der Waals surface area contributed by atoms with Crippen molar-refractivity contribution in [3.05, 3.63) is 34.9 Å². The van der Waals surface area contributed by atoms with E-state index in [1.807, 2.05) is 6.07 Å². The van der Waals surface area contributed by atoms with E-state index in [4.69, 9.17) is 0 Å². The van der Waals surface area contributed by atoms with Crippen LogP contribution in [0.1, 0.15) is 103 Å². The van der Waals surface area contributed by atoms with Crippen LogP contribution in [0.2, 0.25) is 0 Å². The Hall–Kier alpha value is -1.84. The van der Waals surface area contributed by atoms with E-state index in [1.54, 1.807) is 12.1 Å². The fourth-order valence-electron chi connectivity index (χ4n) is 11.2. The van der Waals surface area contributed by atoms with Gasteiger partial charge in [0.2, 0.25) is 0 Å². The monoisotopic (exact) mass is 434 g/mol. The maximum atomic E-state index is 11.9. The number of carbonyl (C=O) groups is 2. The van der Waals surface area contributed by atoms with E-state index in [-0.39, 0.29) is 16.5 Å². The van der Waals surface area contributed by atoms with Crippen molar-refractivity contribution in [1.82, 2.24) is 0 Å². The van der Waals surface area contributed by atoms with Gasteiger partial charge in [0.1, 0.15) is 0 Å². The summed E-state index contributed by atoms with van der Waals surface area (Å²) in [4.78, 5) is 23.6. The number of carboxylic acids is 2. The molecule has 8 bridgehead atoms. The van der Waals surface area contributed by atoms with Gasteiger partial charge < -0.3 is 10.2 Å². The van der Waals surface area contributed by atoms with Crippen LogP contribution >= 0.6 is 0 Å². The molecule has 32 heavy (non-hydrogen) atoms. The zero-order valence-corrected chi connectivity index (χ0v) is 18.8. The molecular weight excluding hydrogens is 400 g/mol. The van der Waals surface area contributed by atoms with Crippen LogP contribution in [-0.2, 0) is 5.41 Å². The van der Waals surface area contributed by atoms with Crippen molar-refractivity contribution in [3.8, 4) is 0 Å². The highest BCUT2D eigenvalue weighted by Crippen LogP contribution is 2.77. The van der Waals surface area contributed by atoms with Gasteiger partial charge >= 0.3 is 11.9 Å². The van der Waals surface area contributed by atoms with Crippen LogP contribution in [0.4, 0.5) is 0 Å². The molecule has 0 heterocycles. The van der Waals surface area contributed by atoms with Crippen LogP contribution in [-0.4, -0.2) is 22.2 Å². The normalized spacial score (nSPS) is 47.7. The van der Waals surface area contributed by atoms with E-state index >= 15 is 0 Å². The number of rotatable bonds is 4. The third kappa shape index (κ3) is 2.50. The third-order valence-electron chi connectivity index (χ3n) is 11.3. The molecular formula is C28H34O4. The smallest absolute Gasteiger partial charge is 0.336 e. The number of hydrogen-bond acceptors (Lipinski definition) is 2. The first kappa shape index (κ1) is 19.6. The van der Waals surface area contributed by atoms with E-state index < -0.39 is 11.9 Å². The summed E-state index contributed by atoms with van der Waals surface area (Å²) in [6.07, 6.45) is 16.5. The summed E-state index contributed by atoms with van der Waals surface area (Å²) < 4.78 is 0. The lowest BCUT2D eigenvalue weighted by Crippen LogP contribution is -2.63. The number of hydrogen-bond donors (Lipinski definition) is 2. The van der Waals surface area contributed by atoms with Crippen molar-refractivity contribution < 1.29 is 19.8 Å². The highest BCUT2D eigenvalue weighted by Gasteiger charge is 2.67. The van der Waals surface area contributed by atoms with Crippen LogP contribution in [0, 0.1) is 40.4 Å². The van der Waals surface area contributed by atoms with Crippen LogP contribution in [0.3, 0.4) is 0 Å². The first-order chi connectivity index (χ1) is 15.3. The van der Waals surface area contributed by atoms with E-state index in [1.165, 1.54) is 77.0 Å². The lowest BCUT2D eigenvalue weighted by Gasteiger charge is -2.72. The van der Waals surface area contributed by atoms with Gasteiger partial charge in [-0.05, 0) is 141 Å². The van der Waals surface area contributed by atoms with Gasteiger partial charge in [-0.15, -0.1) is 0 Å². The van der Waals surface area contributed by atoms with Crippen LogP contribution in [0.15, 0.2) is 18.2 Å². The molecule has 9 rings (SSSR count). The summed E-state index contributed by atoms with van der Waals surface area (Å²) in [5.74, 6) is 2.12. The minimum atomic E-state index is -1.15. The van der Waals surface area contributed by atoms with Crippen LogP contribution < -0.4 is 0 Å². The van der Waals surface area contributed by atoms with Gasteiger partial charge in [-0.25, -0.2) is 9.59 Å². The van der Waals surface area contributed by atoms with Crippen LogP contribution in [0.5, 0.6) is 0 Å². The van der Waals surface area contributed by atoms with Crippen molar-refractivity contribution >= 4 is 11.9 Å². The number of aromatic carboxylic acids is 2. The molecule has 8 saturated carbocycles. The standard InChI is InChI=1S/C28H34O4/c29-24(30)22-2-1-21(7-23(22)25(31)32)26-8-19-6-20(9-26)14-28(13-19,15-26)27-10-16-3-17(11-27)5-18(4-16)12-27/h1-2,7,16-20H,3-6,8-15H2,(H,29,30)(H,31,32). The molecule has 8 fully saturated rings. The zero-order chi connectivity index (χ0) is 21.9. The zero-order valence-electron chi connectivity index (χ0n) is 18.8. The molecule has 4 heteroatoms. The molecule has 0 aliphatic heterocycles. The Balaban J connectivity index is 1.32. The van der Waals surface area contributed by atoms with Gasteiger partial charge in [-0.1, -0.05) is 6.07 Å². The van der Waals surface area contributed by atoms with Crippen LogP contribution in [0.25, 0.3) is 0 Å². The van der Waals surface area contributed by atoms with E-state index in [9.17, 15) is 19.8 Å². The third-order valence-corrected chi connectivity index (χ3v) is 11.3. The van der Waals surface area contributed by atoms with E-state index in [0.717, 1.165) is 35.2 Å². The van der Waals surface area contributed by atoms with Crippen molar-refractivity contribution in [1.29, 1.82) is 0 Å². The molecule has 2 unspecified atom stereocenters. The average Bonchev–Trinajstić information content (AvgIpc) is 2.71. The Morgan fingerprint density at radius 2 is 1.16 bits per heavy atom. The second-order valence-electron chi connectivity index (χ2n) is 13.1. The van der Waals surface area contributed by atoms with Gasteiger partial charge in [0.25, 0.3) is 0 Å². The topological polar surface area (TPSA) is 74.6 Å². The summed E-state index contributed by atoms with van der Waals surface area (Å²) >= 11 is 0. The maximum absolute atomic E-state index is 11.9. The summed E-state index contributed by atoms with van der Waals surface area (Å²) in [6.45, 7) is 0. The summed E-state index contributed by atoms with van der Waals surface area (Å²) in [7, 11) is 0. The van der Waals surface area contributed by atoms with Gasteiger partial charge in [-0.2, -0.15) is 0 Å². The molecule has 1 aromatic rings. The quantitative estimate of drug-likeness (QED) is 0.597. The van der Waals surface area contributed by atoms with Gasteiger partial charge in [0, 0.05) is 0 Å². The molecule has 2 N–H and O–H groups in total. The van der Waals surface area contributed by atoms with E-state index in [2.05, 4.69) is 0 Å². The van der Waals surface area contributed by atoms with Crippen molar-refractivity contribution in [2.24, 2.45) is 40.4 Å². The molecule has 0 spiro atoms. The Morgan fingerprint density at radius 1 is 0.656 bits per heavy atom. The Kier molecular flexibility index (Phi) is 3.79. The molecule has 0 saturated heterocycles. The molecule has 0 radical (unpaired) electrons. The SMILES string of the molecule is O=C(O)c1ccc(C23CC4CC(C2)CC(C25CC6CC(CC(C6)C2)C5)(C4)C3)cc1C(=O)O.